The van der Waals surface area contributed by atoms with Crippen molar-refractivity contribution in [1.82, 2.24) is 5.32 Å². The molecule has 0 saturated carbocycles. The van der Waals surface area contributed by atoms with Gasteiger partial charge in [-0.2, -0.15) is 0 Å². The first-order valence-corrected chi connectivity index (χ1v) is 8.93. The summed E-state index contributed by atoms with van der Waals surface area (Å²) in [5, 5.41) is 3.13. The summed E-state index contributed by atoms with van der Waals surface area (Å²) in [6.07, 6.45) is 2.35. The lowest BCUT2D eigenvalue weighted by atomic mass is 9.89. The van der Waals surface area contributed by atoms with Crippen LogP contribution in [0.1, 0.15) is 42.2 Å². The molecule has 1 aliphatic heterocycles. The molecule has 1 N–H and O–H groups in total. The van der Waals surface area contributed by atoms with Gasteiger partial charge in [0.25, 0.3) is 5.91 Å². The normalized spacial score (nSPS) is 17.2. The number of hydrogen-bond acceptors (Lipinski definition) is 4. The molecule has 27 heavy (non-hydrogen) atoms. The number of amides is 1. The molecule has 0 fully saturated rings. The molecular weight excluding hydrogens is 342 g/mol. The van der Waals surface area contributed by atoms with Crippen LogP contribution in [0.5, 0.6) is 17.2 Å². The Balaban J connectivity index is 1.80. The van der Waals surface area contributed by atoms with Crippen molar-refractivity contribution in [3.8, 4) is 17.2 Å². The van der Waals surface area contributed by atoms with Crippen molar-refractivity contribution < 1.29 is 19.0 Å². The number of rotatable bonds is 6. The number of benzene rings is 2. The molecule has 2 aromatic carbocycles. The summed E-state index contributed by atoms with van der Waals surface area (Å²) in [6.45, 7) is 8.09. The second kappa shape index (κ2) is 7.74. The van der Waals surface area contributed by atoms with Gasteiger partial charge in [0.05, 0.1) is 13.2 Å². The van der Waals surface area contributed by atoms with Gasteiger partial charge in [-0.15, -0.1) is 0 Å². The maximum absolute atomic E-state index is 12.8. The Bertz CT molecular complexity index is 827. The van der Waals surface area contributed by atoms with Crippen molar-refractivity contribution in [3.05, 3.63) is 66.2 Å². The average molecular weight is 367 g/mol. The first kappa shape index (κ1) is 18.8. The lowest BCUT2D eigenvalue weighted by Gasteiger charge is -2.38. The van der Waals surface area contributed by atoms with Crippen LogP contribution in [0.25, 0.3) is 0 Å². The molecular formula is C22H25NO4. The molecule has 2 aromatic rings. The van der Waals surface area contributed by atoms with Crippen molar-refractivity contribution >= 4 is 5.91 Å². The first-order chi connectivity index (χ1) is 12.9. The number of methoxy groups -OCH3 is 1. The highest BCUT2D eigenvalue weighted by molar-refractivity contribution is 5.94. The van der Waals surface area contributed by atoms with Crippen LogP contribution >= 0.6 is 0 Å². The fourth-order valence-corrected chi connectivity index (χ4v) is 3.19. The minimum Gasteiger partial charge on any atom is -0.497 e. The Morgan fingerprint density at radius 3 is 2.63 bits per heavy atom. The molecule has 1 unspecified atom stereocenters. The summed E-state index contributed by atoms with van der Waals surface area (Å²) in [5.74, 6) is 2.07. The van der Waals surface area contributed by atoms with Crippen LogP contribution in [0.15, 0.2) is 55.1 Å². The summed E-state index contributed by atoms with van der Waals surface area (Å²) in [6, 6.07) is 12.6. The zero-order chi connectivity index (χ0) is 19.4. The van der Waals surface area contributed by atoms with Crippen LogP contribution in [-0.2, 0) is 0 Å². The highest BCUT2D eigenvalue weighted by atomic mass is 16.5. The summed E-state index contributed by atoms with van der Waals surface area (Å²) < 4.78 is 16.8. The van der Waals surface area contributed by atoms with E-state index in [2.05, 4.69) is 11.9 Å². The van der Waals surface area contributed by atoms with Gasteiger partial charge in [-0.3, -0.25) is 4.79 Å². The Hall–Kier alpha value is -2.95. The Labute approximate surface area is 159 Å². The van der Waals surface area contributed by atoms with Crippen LogP contribution in [-0.4, -0.2) is 25.2 Å². The lowest BCUT2D eigenvalue weighted by Crippen LogP contribution is -2.41. The average Bonchev–Trinajstić information content (AvgIpc) is 2.65. The minimum atomic E-state index is -0.373. The predicted molar refractivity (Wildman–Crippen MR) is 105 cm³/mol. The van der Waals surface area contributed by atoms with Gasteiger partial charge >= 0.3 is 0 Å². The third-order valence-electron chi connectivity index (χ3n) is 4.46. The van der Waals surface area contributed by atoms with E-state index in [9.17, 15) is 4.79 Å². The summed E-state index contributed by atoms with van der Waals surface area (Å²) >= 11 is 0. The molecule has 0 aliphatic carbocycles. The van der Waals surface area contributed by atoms with Gasteiger partial charge in [0, 0.05) is 17.5 Å². The van der Waals surface area contributed by atoms with Crippen LogP contribution in [0.3, 0.4) is 0 Å². The molecule has 0 saturated heterocycles. The molecule has 5 nitrogen and oxygen atoms in total. The maximum atomic E-state index is 12.8. The molecule has 1 atom stereocenters. The Morgan fingerprint density at radius 2 is 1.96 bits per heavy atom. The van der Waals surface area contributed by atoms with Gasteiger partial charge in [-0.1, -0.05) is 12.7 Å². The third kappa shape index (κ3) is 4.42. The summed E-state index contributed by atoms with van der Waals surface area (Å²) in [5.41, 5.74) is 1.13. The number of fused-ring (bicyclic) bond motifs is 1. The van der Waals surface area contributed by atoms with Crippen molar-refractivity contribution in [3.63, 3.8) is 0 Å². The second-order valence-corrected chi connectivity index (χ2v) is 7.12. The first-order valence-electron chi connectivity index (χ1n) is 8.93. The molecule has 0 bridgehead atoms. The summed E-state index contributed by atoms with van der Waals surface area (Å²) in [7, 11) is 1.62. The van der Waals surface area contributed by atoms with Crippen molar-refractivity contribution in [1.29, 1.82) is 0 Å². The van der Waals surface area contributed by atoms with Gasteiger partial charge in [-0.05, 0) is 56.3 Å². The van der Waals surface area contributed by atoms with Crippen LogP contribution < -0.4 is 19.5 Å². The van der Waals surface area contributed by atoms with E-state index in [4.69, 9.17) is 14.2 Å². The fourth-order valence-electron chi connectivity index (χ4n) is 3.19. The van der Waals surface area contributed by atoms with Gasteiger partial charge in [0.2, 0.25) is 0 Å². The summed E-state index contributed by atoms with van der Waals surface area (Å²) in [4.78, 5) is 12.8. The van der Waals surface area contributed by atoms with E-state index in [0.717, 1.165) is 17.1 Å². The van der Waals surface area contributed by atoms with Crippen LogP contribution in [0, 0.1) is 0 Å². The highest BCUT2D eigenvalue weighted by Crippen LogP contribution is 2.41. The Morgan fingerprint density at radius 1 is 1.26 bits per heavy atom. The lowest BCUT2D eigenvalue weighted by molar-refractivity contribution is 0.0618. The van der Waals surface area contributed by atoms with Gasteiger partial charge in [0.1, 0.15) is 29.5 Å². The Kier molecular flexibility index (Phi) is 5.40. The van der Waals surface area contributed by atoms with Gasteiger partial charge in [0.15, 0.2) is 0 Å². The number of hydrogen-bond donors (Lipinski definition) is 1. The number of carbonyl (C=O) groups excluding carboxylic acids is 1. The minimum absolute atomic E-state index is 0.137. The number of nitrogens with one attached hydrogen (secondary N) is 1. The SMILES string of the molecule is C=CCOc1ccc(C(=O)NC2CC(C)(C)Oc3ccc(OC)cc32)cc1. The molecule has 1 aliphatic rings. The van der Waals surface area contributed by atoms with E-state index in [1.165, 1.54) is 0 Å². The second-order valence-electron chi connectivity index (χ2n) is 7.12. The smallest absolute Gasteiger partial charge is 0.251 e. The quantitative estimate of drug-likeness (QED) is 0.774. The zero-order valence-electron chi connectivity index (χ0n) is 16.0. The van der Waals surface area contributed by atoms with E-state index in [-0.39, 0.29) is 17.6 Å². The standard InChI is InChI=1S/C22H25NO4/c1-5-12-26-16-8-6-15(7-9-16)21(24)23-19-14-22(2,3)27-20-11-10-17(25-4)13-18(19)20/h5-11,13,19H,1,12,14H2,2-4H3,(H,23,24). The monoisotopic (exact) mass is 367 g/mol. The van der Waals surface area contributed by atoms with Crippen LogP contribution in [0.4, 0.5) is 0 Å². The van der Waals surface area contributed by atoms with E-state index in [0.29, 0.717) is 24.3 Å². The van der Waals surface area contributed by atoms with Gasteiger partial charge < -0.3 is 19.5 Å². The third-order valence-corrected chi connectivity index (χ3v) is 4.46. The molecule has 1 heterocycles. The predicted octanol–water partition coefficient (Wildman–Crippen LogP) is 4.29. The van der Waals surface area contributed by atoms with E-state index in [1.807, 2.05) is 32.0 Å². The van der Waals surface area contributed by atoms with Crippen LogP contribution in [0.2, 0.25) is 0 Å². The number of ether oxygens (including phenoxy) is 3. The highest BCUT2D eigenvalue weighted by Gasteiger charge is 2.35. The van der Waals surface area contributed by atoms with E-state index >= 15 is 0 Å². The molecule has 1 amide bonds. The molecule has 5 heteroatoms. The fraction of sp³-hybridized carbons (Fsp3) is 0.318. The molecule has 3 rings (SSSR count). The largest absolute Gasteiger partial charge is 0.497 e. The van der Waals surface area contributed by atoms with Crippen molar-refractivity contribution in [2.45, 2.75) is 31.9 Å². The molecule has 0 spiro atoms. The van der Waals surface area contributed by atoms with E-state index in [1.54, 1.807) is 37.5 Å². The molecule has 142 valence electrons. The number of carbonyl (C=O) groups is 1. The van der Waals surface area contributed by atoms with Crippen molar-refractivity contribution in [2.75, 3.05) is 13.7 Å². The maximum Gasteiger partial charge on any atom is 0.251 e. The van der Waals surface area contributed by atoms with Gasteiger partial charge in [-0.25, -0.2) is 0 Å². The topological polar surface area (TPSA) is 56.8 Å². The zero-order valence-corrected chi connectivity index (χ0v) is 16.0. The van der Waals surface area contributed by atoms with E-state index < -0.39 is 0 Å². The molecule has 0 aromatic heterocycles. The molecule has 0 radical (unpaired) electrons. The van der Waals surface area contributed by atoms with Crippen molar-refractivity contribution in [2.24, 2.45) is 0 Å².